The summed E-state index contributed by atoms with van der Waals surface area (Å²) in [4.78, 5) is 29.8. The van der Waals surface area contributed by atoms with Gasteiger partial charge in [-0.05, 0) is 164 Å². The van der Waals surface area contributed by atoms with Crippen LogP contribution in [0.4, 0.5) is 0 Å². The van der Waals surface area contributed by atoms with Gasteiger partial charge >= 0.3 is 0 Å². The molecule has 7 heterocycles. The van der Waals surface area contributed by atoms with E-state index in [-0.39, 0.29) is 0 Å². The van der Waals surface area contributed by atoms with Gasteiger partial charge in [-0.3, -0.25) is 0 Å². The molecule has 6 heteroatoms. The summed E-state index contributed by atoms with van der Waals surface area (Å²) in [7, 11) is 0. The van der Waals surface area contributed by atoms with Crippen LogP contribution in [-0.2, 0) is 19.3 Å². The van der Waals surface area contributed by atoms with Crippen LogP contribution >= 0.6 is 0 Å². The summed E-state index contributed by atoms with van der Waals surface area (Å²) in [5, 5.41) is 6.57. The second-order valence-corrected chi connectivity index (χ2v) is 19.0. The average Bonchev–Trinajstić information content (AvgIpc) is 4.20. The summed E-state index contributed by atoms with van der Waals surface area (Å²) >= 11 is 0. The lowest BCUT2D eigenvalue weighted by molar-refractivity contribution is 1.10. The molecule has 6 aromatic rings. The molecule has 0 radical (unpaired) electrons. The second kappa shape index (κ2) is 18.1. The number of aromatic nitrogens is 3. The Kier molecular flexibility index (Phi) is 12.0. The first-order valence-electron chi connectivity index (χ1n) is 25.4. The van der Waals surface area contributed by atoms with Gasteiger partial charge in [0.15, 0.2) is 0 Å². The third-order valence-corrected chi connectivity index (χ3v) is 15.6. The summed E-state index contributed by atoms with van der Waals surface area (Å²) in [6, 6.07) is 32.7. The topological polar surface area (TPSA) is 84.5 Å². The molecule has 0 fully saturated rings. The lowest BCUT2D eigenvalue weighted by Crippen LogP contribution is -2.22. The number of H-pyrrole nitrogens is 3. The Morgan fingerprint density at radius 2 is 0.565 bits per heavy atom. The van der Waals surface area contributed by atoms with E-state index in [0.29, 0.717) is 0 Å². The molecular weight excluding hydrogens is 841 g/mol. The SMILES string of the molecule is CCC1=C(C)C2=c3[nH]c(c(CC)c3C)=C(c3ccccc3)C3=NC(=c4[nH]c(c(CC)c4C)=C(c4ccccc4)C4=NC(=c5[nH]c(c(CC)c5C)=C(c5ccccc5)C1=N2)C(C)=C4CC)C(C)=C3CC. The average molecular weight is 907 g/mol. The van der Waals surface area contributed by atoms with Gasteiger partial charge in [0, 0.05) is 16.7 Å². The predicted octanol–water partition coefficient (Wildman–Crippen LogP) is 10.2. The molecule has 10 rings (SSSR count). The van der Waals surface area contributed by atoms with Gasteiger partial charge in [0.25, 0.3) is 0 Å². The zero-order valence-corrected chi connectivity index (χ0v) is 42.7. The number of aliphatic imine (C=N–C) groups is 3. The summed E-state index contributed by atoms with van der Waals surface area (Å²) in [6.07, 6.45) is 5.10. The molecule has 4 aliphatic heterocycles. The third kappa shape index (κ3) is 7.08. The van der Waals surface area contributed by atoms with E-state index < -0.39 is 0 Å². The van der Waals surface area contributed by atoms with Crippen molar-refractivity contribution in [3.05, 3.63) is 207 Å². The lowest BCUT2D eigenvalue weighted by atomic mass is 9.91. The predicted molar refractivity (Wildman–Crippen MR) is 291 cm³/mol. The monoisotopic (exact) mass is 907 g/mol. The summed E-state index contributed by atoms with van der Waals surface area (Å²) in [6.45, 7) is 27.4. The number of rotatable bonds is 9. The Labute approximate surface area is 407 Å². The molecule has 4 aliphatic rings. The minimum atomic E-state index is 0.843. The van der Waals surface area contributed by atoms with Crippen molar-refractivity contribution in [2.24, 2.45) is 15.0 Å². The molecule has 0 unspecified atom stereocenters. The number of aromatic amines is 3. The molecule has 0 aliphatic carbocycles. The van der Waals surface area contributed by atoms with E-state index >= 15 is 0 Å². The largest absolute Gasteiger partial charge is 0.353 e. The smallest absolute Gasteiger partial charge is 0.0907 e. The summed E-state index contributed by atoms with van der Waals surface area (Å²) in [5.74, 6) is 0. The van der Waals surface area contributed by atoms with Crippen molar-refractivity contribution in [1.82, 2.24) is 15.0 Å². The van der Waals surface area contributed by atoms with E-state index in [1.54, 1.807) is 0 Å². The van der Waals surface area contributed by atoms with Crippen LogP contribution < -0.4 is 32.1 Å². The van der Waals surface area contributed by atoms with Crippen molar-refractivity contribution < 1.29 is 0 Å². The number of nitrogens with zero attached hydrogens (tertiary/aromatic N) is 3. The van der Waals surface area contributed by atoms with E-state index in [9.17, 15) is 0 Å². The van der Waals surface area contributed by atoms with Crippen LogP contribution in [-0.4, -0.2) is 32.1 Å². The van der Waals surface area contributed by atoms with Gasteiger partial charge in [0.2, 0.25) is 0 Å². The van der Waals surface area contributed by atoms with Crippen LogP contribution in [0.2, 0.25) is 0 Å². The molecule has 6 nitrogen and oxygen atoms in total. The molecule has 69 heavy (non-hydrogen) atoms. The van der Waals surface area contributed by atoms with Gasteiger partial charge in [-0.1, -0.05) is 133 Å². The standard InChI is InChI=1S/C63H66N6/c1-13-43-34(7)52-53-35(8)45(15-3)60(65-53)50(41-30-24-20-25-31-41)61-47(17-5)38(11)56(68-61)57-39(12)48(18-6)63(69-57)51(42-32-26-21-27-33-42)62-46(16-4)37(10)55(67-62)54-36(9)44(14-2)59(66-54)49(58(43)64-52)40-28-22-19-23-29-40/h19-33,64,67-68H,13-18H2,1-12H3. The Morgan fingerprint density at radius 3 is 0.783 bits per heavy atom. The molecule has 348 valence electrons. The van der Waals surface area contributed by atoms with Crippen molar-refractivity contribution in [2.75, 3.05) is 0 Å². The fourth-order valence-electron chi connectivity index (χ4n) is 12.0. The van der Waals surface area contributed by atoms with E-state index in [0.717, 1.165) is 138 Å². The lowest BCUT2D eigenvalue weighted by Gasteiger charge is -2.12. The van der Waals surface area contributed by atoms with Crippen LogP contribution in [0.25, 0.3) is 33.8 Å². The quantitative estimate of drug-likeness (QED) is 0.129. The van der Waals surface area contributed by atoms with Gasteiger partial charge in [-0.15, -0.1) is 0 Å². The van der Waals surface area contributed by atoms with Gasteiger partial charge in [-0.25, -0.2) is 15.0 Å². The number of benzene rings is 3. The molecule has 0 amide bonds. The Balaban J connectivity index is 1.51. The normalized spacial score (nSPS) is 16.1. The molecule has 3 aromatic carbocycles. The van der Waals surface area contributed by atoms with Gasteiger partial charge in [0.05, 0.1) is 66.3 Å². The summed E-state index contributed by atoms with van der Waals surface area (Å²) in [5.41, 5.74) is 27.9. The van der Waals surface area contributed by atoms with E-state index in [1.165, 1.54) is 66.8 Å². The molecule has 0 saturated heterocycles. The molecule has 3 aromatic heterocycles. The number of hydrogen-bond donors (Lipinski definition) is 3. The molecule has 12 bridgehead atoms. The molecule has 3 N–H and O–H groups in total. The number of allylic oxidation sites excluding steroid dienone is 3. The minimum absolute atomic E-state index is 0.843. The van der Waals surface area contributed by atoms with E-state index in [1.807, 2.05) is 0 Å². The van der Waals surface area contributed by atoms with Gasteiger partial charge in [-0.2, -0.15) is 0 Å². The maximum atomic E-state index is 5.82. The van der Waals surface area contributed by atoms with Crippen molar-refractivity contribution in [1.29, 1.82) is 0 Å². The van der Waals surface area contributed by atoms with Crippen molar-refractivity contribution in [3.8, 4) is 0 Å². The zero-order valence-electron chi connectivity index (χ0n) is 42.7. The van der Waals surface area contributed by atoms with Crippen LogP contribution in [0.15, 0.2) is 139 Å². The van der Waals surface area contributed by atoms with E-state index in [2.05, 4.69) is 189 Å². The fourth-order valence-corrected chi connectivity index (χ4v) is 12.0. The Hall–Kier alpha value is -7.05. The van der Waals surface area contributed by atoms with Crippen LogP contribution in [0.5, 0.6) is 0 Å². The van der Waals surface area contributed by atoms with Crippen LogP contribution in [0.1, 0.15) is 132 Å². The number of fused-ring (bicyclic) bond motifs is 9. The first-order chi connectivity index (χ1) is 33.5. The van der Waals surface area contributed by atoms with Gasteiger partial charge in [0.1, 0.15) is 0 Å². The Bertz CT molecular complexity index is 3340. The highest BCUT2D eigenvalue weighted by atomic mass is 14.9. The third-order valence-electron chi connectivity index (χ3n) is 15.6. The first-order valence-corrected chi connectivity index (χ1v) is 25.4. The fraction of sp³-hybridized carbons (Fsp3) is 0.286. The second-order valence-electron chi connectivity index (χ2n) is 19.0. The van der Waals surface area contributed by atoms with Crippen LogP contribution in [0.3, 0.4) is 0 Å². The maximum absolute atomic E-state index is 5.82. The van der Waals surface area contributed by atoms with E-state index in [4.69, 9.17) is 15.0 Å². The maximum Gasteiger partial charge on any atom is 0.0907 e. The molecular formula is C63H66N6. The zero-order chi connectivity index (χ0) is 48.4. The highest BCUT2D eigenvalue weighted by Gasteiger charge is 2.32. The van der Waals surface area contributed by atoms with Gasteiger partial charge < -0.3 is 15.0 Å². The summed E-state index contributed by atoms with van der Waals surface area (Å²) < 4.78 is 0. The first kappa shape index (κ1) is 45.7. The highest BCUT2D eigenvalue weighted by molar-refractivity contribution is 6.36. The number of nitrogens with one attached hydrogen (secondary N) is 3. The van der Waals surface area contributed by atoms with Crippen LogP contribution in [0, 0.1) is 20.8 Å². The molecule has 0 saturated carbocycles. The highest BCUT2D eigenvalue weighted by Crippen LogP contribution is 2.37. The molecule has 0 atom stereocenters. The molecule has 0 spiro atoms. The Morgan fingerprint density at radius 1 is 0.319 bits per heavy atom. The van der Waals surface area contributed by atoms with Crippen molar-refractivity contribution in [3.63, 3.8) is 0 Å². The van der Waals surface area contributed by atoms with Crippen molar-refractivity contribution in [2.45, 2.75) is 122 Å². The minimum Gasteiger partial charge on any atom is -0.353 e. The number of hydrogen-bond acceptors (Lipinski definition) is 3. The van der Waals surface area contributed by atoms with Crippen molar-refractivity contribution >= 4 is 50.9 Å².